The number of thiazole rings is 1. The summed E-state index contributed by atoms with van der Waals surface area (Å²) >= 11 is 1.72. The summed E-state index contributed by atoms with van der Waals surface area (Å²) in [6.45, 7) is 5.49. The molecule has 3 nitrogen and oxygen atoms in total. The average molecular weight is 290 g/mol. The van der Waals surface area contributed by atoms with Gasteiger partial charge in [-0.05, 0) is 25.5 Å². The molecule has 0 bridgehead atoms. The van der Waals surface area contributed by atoms with E-state index in [0.717, 1.165) is 30.0 Å². The summed E-state index contributed by atoms with van der Waals surface area (Å²) in [6, 6.07) is 8.13. The number of aryl methyl sites for hydroxylation is 2. The molecule has 0 atom stereocenters. The molecule has 4 heteroatoms. The smallest absolute Gasteiger partial charge is 0.119 e. The van der Waals surface area contributed by atoms with E-state index >= 15 is 0 Å². The molecule has 0 amide bonds. The largest absolute Gasteiger partial charge is 0.493 e. The van der Waals surface area contributed by atoms with E-state index in [4.69, 9.17) is 10.5 Å². The van der Waals surface area contributed by atoms with Gasteiger partial charge >= 0.3 is 0 Å². The minimum absolute atomic E-state index is 0.589. The number of rotatable bonds is 7. The lowest BCUT2D eigenvalue weighted by atomic mass is 10.2. The Balaban J connectivity index is 1.89. The van der Waals surface area contributed by atoms with Crippen molar-refractivity contribution in [2.75, 3.05) is 6.61 Å². The monoisotopic (exact) mass is 290 g/mol. The third kappa shape index (κ3) is 4.05. The van der Waals surface area contributed by atoms with Crippen molar-refractivity contribution in [3.8, 4) is 5.75 Å². The van der Waals surface area contributed by atoms with Gasteiger partial charge in [0.2, 0.25) is 0 Å². The van der Waals surface area contributed by atoms with Crippen molar-refractivity contribution < 1.29 is 4.74 Å². The van der Waals surface area contributed by atoms with Gasteiger partial charge in [0.15, 0.2) is 0 Å². The van der Waals surface area contributed by atoms with Crippen molar-refractivity contribution in [3.05, 3.63) is 45.4 Å². The Morgan fingerprint density at radius 3 is 2.60 bits per heavy atom. The van der Waals surface area contributed by atoms with E-state index in [1.165, 1.54) is 16.1 Å². The van der Waals surface area contributed by atoms with E-state index in [-0.39, 0.29) is 0 Å². The first-order valence-corrected chi connectivity index (χ1v) is 7.91. The molecule has 0 spiro atoms. The van der Waals surface area contributed by atoms with Crippen LogP contribution in [0.3, 0.4) is 0 Å². The molecule has 0 fully saturated rings. The van der Waals surface area contributed by atoms with Crippen molar-refractivity contribution in [1.82, 2.24) is 4.98 Å². The molecule has 1 aromatic carbocycles. The van der Waals surface area contributed by atoms with Gasteiger partial charge in [-0.15, -0.1) is 11.3 Å². The van der Waals surface area contributed by atoms with Crippen molar-refractivity contribution in [2.24, 2.45) is 5.73 Å². The minimum Gasteiger partial charge on any atom is -0.493 e. The second-order valence-electron chi connectivity index (χ2n) is 4.84. The van der Waals surface area contributed by atoms with Crippen LogP contribution in [0.25, 0.3) is 0 Å². The van der Waals surface area contributed by atoms with Gasteiger partial charge in [0.05, 0.1) is 17.3 Å². The van der Waals surface area contributed by atoms with Crippen LogP contribution in [0.4, 0.5) is 0 Å². The van der Waals surface area contributed by atoms with Crippen LogP contribution in [0.2, 0.25) is 0 Å². The first kappa shape index (κ1) is 15.0. The fourth-order valence-corrected chi connectivity index (χ4v) is 3.00. The summed E-state index contributed by atoms with van der Waals surface area (Å²) in [5.41, 5.74) is 8.18. The van der Waals surface area contributed by atoms with Crippen LogP contribution < -0.4 is 10.5 Å². The molecular weight excluding hydrogens is 268 g/mol. The Hall–Kier alpha value is -1.39. The summed E-state index contributed by atoms with van der Waals surface area (Å²) in [6.07, 6.45) is 2.97. The molecule has 0 aliphatic heterocycles. The molecule has 20 heavy (non-hydrogen) atoms. The lowest BCUT2D eigenvalue weighted by Crippen LogP contribution is -2.01. The number of nitrogens with two attached hydrogens (primary N) is 1. The molecule has 0 aliphatic rings. The zero-order chi connectivity index (χ0) is 14.4. The molecule has 108 valence electrons. The van der Waals surface area contributed by atoms with E-state index in [2.05, 4.69) is 31.0 Å². The van der Waals surface area contributed by atoms with Crippen molar-refractivity contribution in [2.45, 2.75) is 39.7 Å². The highest BCUT2D eigenvalue weighted by Gasteiger charge is 2.09. The van der Waals surface area contributed by atoms with Crippen molar-refractivity contribution >= 4 is 11.3 Å². The lowest BCUT2D eigenvalue weighted by Gasteiger charge is -2.04. The number of ether oxygens (including phenoxy) is 1. The van der Waals surface area contributed by atoms with Gasteiger partial charge < -0.3 is 10.5 Å². The second-order valence-corrected chi connectivity index (χ2v) is 6.01. The molecule has 0 saturated carbocycles. The van der Waals surface area contributed by atoms with Gasteiger partial charge in [0.25, 0.3) is 0 Å². The molecule has 0 unspecified atom stereocenters. The van der Waals surface area contributed by atoms with Gasteiger partial charge in [-0.1, -0.05) is 31.0 Å². The van der Waals surface area contributed by atoms with Crippen LogP contribution in [-0.4, -0.2) is 11.6 Å². The Morgan fingerprint density at radius 2 is 1.95 bits per heavy atom. The van der Waals surface area contributed by atoms with Gasteiger partial charge in [0, 0.05) is 17.8 Å². The molecule has 0 saturated heterocycles. The van der Waals surface area contributed by atoms with Crippen LogP contribution in [0.5, 0.6) is 5.75 Å². The summed E-state index contributed by atoms with van der Waals surface area (Å²) < 4.78 is 5.74. The van der Waals surface area contributed by atoms with Crippen LogP contribution in [0.1, 0.15) is 34.5 Å². The Morgan fingerprint density at radius 1 is 1.20 bits per heavy atom. The zero-order valence-electron chi connectivity index (χ0n) is 12.2. The number of hydrogen-bond acceptors (Lipinski definition) is 4. The Labute approximate surface area is 124 Å². The second kappa shape index (κ2) is 7.41. The SMILES string of the molecule is CCCc1nc(CCOc2ccc(C)cc2)sc1CN. The standard InChI is InChI=1S/C16H22N2OS/c1-3-4-14-15(11-17)20-16(18-14)9-10-19-13-7-5-12(2)6-8-13/h5-8H,3-4,9-11,17H2,1-2H3. The maximum absolute atomic E-state index is 5.77. The summed E-state index contributed by atoms with van der Waals surface area (Å²) in [5.74, 6) is 0.917. The molecular formula is C16H22N2OS. The van der Waals surface area contributed by atoms with Crippen molar-refractivity contribution in [3.63, 3.8) is 0 Å². The predicted molar refractivity (Wildman–Crippen MR) is 84.4 cm³/mol. The predicted octanol–water partition coefficient (Wildman–Crippen LogP) is 3.48. The fourth-order valence-electron chi connectivity index (χ4n) is 2.03. The number of hydrogen-bond donors (Lipinski definition) is 1. The first-order chi connectivity index (χ1) is 9.72. The number of nitrogens with zero attached hydrogens (tertiary/aromatic N) is 1. The fraction of sp³-hybridized carbons (Fsp3) is 0.438. The highest BCUT2D eigenvalue weighted by atomic mass is 32.1. The van der Waals surface area contributed by atoms with E-state index in [1.54, 1.807) is 11.3 Å². The van der Waals surface area contributed by atoms with E-state index < -0.39 is 0 Å². The van der Waals surface area contributed by atoms with E-state index in [1.807, 2.05) is 12.1 Å². The third-order valence-electron chi connectivity index (χ3n) is 3.10. The van der Waals surface area contributed by atoms with Crippen LogP contribution in [0.15, 0.2) is 24.3 Å². The van der Waals surface area contributed by atoms with Crippen LogP contribution >= 0.6 is 11.3 Å². The topological polar surface area (TPSA) is 48.1 Å². The molecule has 0 radical (unpaired) electrons. The number of benzene rings is 1. The maximum Gasteiger partial charge on any atom is 0.119 e. The molecule has 1 heterocycles. The minimum atomic E-state index is 0.589. The first-order valence-electron chi connectivity index (χ1n) is 7.10. The average Bonchev–Trinajstić information content (AvgIpc) is 2.84. The van der Waals surface area contributed by atoms with Crippen LogP contribution in [0, 0.1) is 6.92 Å². The van der Waals surface area contributed by atoms with Gasteiger partial charge in [-0.3, -0.25) is 0 Å². The molecule has 2 N–H and O–H groups in total. The quantitative estimate of drug-likeness (QED) is 0.849. The Kier molecular flexibility index (Phi) is 5.56. The molecule has 0 aliphatic carbocycles. The summed E-state index contributed by atoms with van der Waals surface area (Å²) in [4.78, 5) is 5.89. The number of aromatic nitrogens is 1. The van der Waals surface area contributed by atoms with E-state index in [9.17, 15) is 0 Å². The molecule has 1 aromatic heterocycles. The van der Waals surface area contributed by atoms with Crippen molar-refractivity contribution in [1.29, 1.82) is 0 Å². The van der Waals surface area contributed by atoms with Gasteiger partial charge in [0.1, 0.15) is 5.75 Å². The highest BCUT2D eigenvalue weighted by molar-refractivity contribution is 7.11. The summed E-state index contributed by atoms with van der Waals surface area (Å²) in [7, 11) is 0. The van der Waals surface area contributed by atoms with Gasteiger partial charge in [-0.2, -0.15) is 0 Å². The summed E-state index contributed by atoms with van der Waals surface area (Å²) in [5, 5.41) is 1.13. The maximum atomic E-state index is 5.77. The zero-order valence-corrected chi connectivity index (χ0v) is 13.0. The molecule has 2 aromatic rings. The normalized spacial score (nSPS) is 10.8. The van der Waals surface area contributed by atoms with Gasteiger partial charge in [-0.25, -0.2) is 4.98 Å². The lowest BCUT2D eigenvalue weighted by molar-refractivity contribution is 0.321. The molecule has 2 rings (SSSR count). The third-order valence-corrected chi connectivity index (χ3v) is 4.28. The van der Waals surface area contributed by atoms with E-state index in [0.29, 0.717) is 13.2 Å². The highest BCUT2D eigenvalue weighted by Crippen LogP contribution is 2.20. The Bertz CT molecular complexity index is 534. The van der Waals surface area contributed by atoms with Crippen LogP contribution in [-0.2, 0) is 19.4 Å².